The summed E-state index contributed by atoms with van der Waals surface area (Å²) in [5.41, 5.74) is 0. The average molecular weight is 681 g/mol. The third-order valence-corrected chi connectivity index (χ3v) is 9.00. The monoisotopic (exact) mass is 681 g/mol. The van der Waals surface area contributed by atoms with Gasteiger partial charge in [0, 0.05) is 38.2 Å². The lowest BCUT2D eigenvalue weighted by Crippen LogP contribution is -2.30. The van der Waals surface area contributed by atoms with Crippen LogP contribution >= 0.6 is 11.8 Å². The number of rotatable bonds is 33. The first kappa shape index (κ1) is 45.2. The number of hydrogen-bond acceptors (Lipinski definition) is 7. The molecule has 0 spiro atoms. The molecule has 0 saturated heterocycles. The molecule has 0 heterocycles. The summed E-state index contributed by atoms with van der Waals surface area (Å²) in [6.07, 6.45) is 31.3. The van der Waals surface area contributed by atoms with Crippen LogP contribution in [0.1, 0.15) is 155 Å². The minimum Gasteiger partial charge on any atom is -0.461 e. The van der Waals surface area contributed by atoms with Gasteiger partial charge in [-0.25, -0.2) is 0 Å². The molecule has 0 saturated carbocycles. The van der Waals surface area contributed by atoms with E-state index in [1.807, 2.05) is 31.1 Å². The normalized spacial score (nSPS) is 11.6. The highest BCUT2D eigenvalue weighted by molar-refractivity contribution is 8.13. The molecule has 7 nitrogen and oxygen atoms in total. The summed E-state index contributed by atoms with van der Waals surface area (Å²) in [5, 5.41) is 0.183. The van der Waals surface area contributed by atoms with Gasteiger partial charge in [0.1, 0.15) is 13.2 Å². The maximum atomic E-state index is 12.9. The molecular formula is C39H72N2O5S. The van der Waals surface area contributed by atoms with Crippen molar-refractivity contribution in [3.05, 3.63) is 24.3 Å². The van der Waals surface area contributed by atoms with E-state index in [1.54, 1.807) is 0 Å². The lowest BCUT2D eigenvalue weighted by Gasteiger charge is -2.22. The second kappa shape index (κ2) is 35.5. The summed E-state index contributed by atoms with van der Waals surface area (Å²) in [6, 6.07) is 0. The molecule has 274 valence electrons. The minimum atomic E-state index is -0.108. The van der Waals surface area contributed by atoms with E-state index in [0.29, 0.717) is 26.1 Å². The van der Waals surface area contributed by atoms with Gasteiger partial charge in [-0.3, -0.25) is 14.4 Å². The summed E-state index contributed by atoms with van der Waals surface area (Å²) in [4.78, 5) is 41.0. The van der Waals surface area contributed by atoms with Crippen LogP contribution in [-0.4, -0.2) is 79.7 Å². The Balaban J connectivity index is 4.07. The fourth-order valence-corrected chi connectivity index (χ4v) is 6.08. The summed E-state index contributed by atoms with van der Waals surface area (Å²) in [6.45, 7) is 7.67. The van der Waals surface area contributed by atoms with Gasteiger partial charge < -0.3 is 19.3 Å². The Hall–Kier alpha value is -1.80. The molecule has 0 aliphatic carbocycles. The van der Waals surface area contributed by atoms with Crippen molar-refractivity contribution in [1.29, 1.82) is 0 Å². The fourth-order valence-electron chi connectivity index (χ4n) is 5.08. The number of amides is 1. The Morgan fingerprint density at radius 3 is 1.40 bits per heavy atom. The van der Waals surface area contributed by atoms with Crippen LogP contribution in [0.4, 0.5) is 4.79 Å². The van der Waals surface area contributed by atoms with E-state index in [4.69, 9.17) is 9.47 Å². The highest BCUT2D eigenvalue weighted by Crippen LogP contribution is 2.15. The zero-order valence-corrected chi connectivity index (χ0v) is 31.8. The number of carbonyl (C=O) groups is 3. The lowest BCUT2D eigenvalue weighted by atomic mass is 10.1. The fraction of sp³-hybridized carbons (Fsp3) is 0.821. The molecule has 0 aromatic carbocycles. The lowest BCUT2D eigenvalue weighted by molar-refractivity contribution is -0.143. The molecule has 0 radical (unpaired) electrons. The number of ether oxygens (including phenoxy) is 2. The summed E-state index contributed by atoms with van der Waals surface area (Å²) < 4.78 is 10.6. The Labute approximate surface area is 294 Å². The first-order valence-electron chi connectivity index (χ1n) is 19.1. The first-order valence-corrected chi connectivity index (χ1v) is 20.1. The molecule has 0 fully saturated rings. The van der Waals surface area contributed by atoms with Gasteiger partial charge in [-0.15, -0.1) is 0 Å². The van der Waals surface area contributed by atoms with Crippen molar-refractivity contribution in [2.45, 2.75) is 155 Å². The molecule has 0 atom stereocenters. The third-order valence-electron chi connectivity index (χ3n) is 8.10. The van der Waals surface area contributed by atoms with E-state index >= 15 is 0 Å². The summed E-state index contributed by atoms with van der Waals surface area (Å²) >= 11 is 1.42. The largest absolute Gasteiger partial charge is 0.461 e. The van der Waals surface area contributed by atoms with Crippen LogP contribution in [0.3, 0.4) is 0 Å². The van der Waals surface area contributed by atoms with Crippen molar-refractivity contribution in [1.82, 2.24) is 9.80 Å². The van der Waals surface area contributed by atoms with Gasteiger partial charge in [0.05, 0.1) is 0 Å². The second-order valence-corrected chi connectivity index (χ2v) is 14.0. The van der Waals surface area contributed by atoms with Crippen LogP contribution in [0.5, 0.6) is 0 Å². The third kappa shape index (κ3) is 33.9. The van der Waals surface area contributed by atoms with Gasteiger partial charge in [0.2, 0.25) is 0 Å². The summed E-state index contributed by atoms with van der Waals surface area (Å²) in [7, 11) is 4.06. The van der Waals surface area contributed by atoms with Crippen LogP contribution in [-0.2, 0) is 19.1 Å². The number of hydrogen-bond donors (Lipinski definition) is 0. The Morgan fingerprint density at radius 2 is 0.957 bits per heavy atom. The summed E-state index contributed by atoms with van der Waals surface area (Å²) in [5.74, 6) is 0.588. The zero-order chi connectivity index (χ0) is 34.6. The van der Waals surface area contributed by atoms with Gasteiger partial charge in [0.25, 0.3) is 5.24 Å². The molecular weight excluding hydrogens is 609 g/mol. The first-order chi connectivity index (χ1) is 22.9. The number of unbranched alkanes of at least 4 members (excludes halogenated alkanes) is 16. The van der Waals surface area contributed by atoms with Gasteiger partial charge in [-0.2, -0.15) is 0 Å². The van der Waals surface area contributed by atoms with Gasteiger partial charge in [-0.05, 0) is 65.5 Å². The van der Waals surface area contributed by atoms with Crippen molar-refractivity contribution in [2.24, 2.45) is 0 Å². The predicted octanol–water partition coefficient (Wildman–Crippen LogP) is 10.5. The highest BCUT2D eigenvalue weighted by atomic mass is 32.2. The van der Waals surface area contributed by atoms with E-state index in [0.717, 1.165) is 102 Å². The van der Waals surface area contributed by atoms with Crippen molar-refractivity contribution in [2.75, 3.05) is 52.7 Å². The van der Waals surface area contributed by atoms with Crippen molar-refractivity contribution in [3.63, 3.8) is 0 Å². The van der Waals surface area contributed by atoms with Crippen LogP contribution in [0, 0.1) is 0 Å². The second-order valence-electron chi connectivity index (χ2n) is 12.9. The Bertz CT molecular complexity index is 750. The molecule has 0 aliphatic heterocycles. The van der Waals surface area contributed by atoms with Crippen molar-refractivity contribution < 1.29 is 23.9 Å². The molecule has 0 unspecified atom stereocenters. The number of allylic oxidation sites excluding steroid dienone is 2. The van der Waals surface area contributed by atoms with E-state index < -0.39 is 0 Å². The number of nitrogens with zero attached hydrogens (tertiary/aromatic N) is 2. The quantitative estimate of drug-likeness (QED) is 0.0388. The van der Waals surface area contributed by atoms with Gasteiger partial charge >= 0.3 is 11.9 Å². The van der Waals surface area contributed by atoms with E-state index in [1.165, 1.54) is 63.1 Å². The molecule has 47 heavy (non-hydrogen) atoms. The molecule has 0 aromatic rings. The molecule has 0 aromatic heterocycles. The Kier molecular flexibility index (Phi) is 34.1. The SMILES string of the molecule is CCCCCC/C=C/COC(=O)CCCCCCCN(CCCCCCCC(=O)OC/C=C/CCCCCC)C(=O)SCCN(C)C. The number of carbonyl (C=O) groups excluding carboxylic acids is 3. The van der Waals surface area contributed by atoms with Crippen LogP contribution in [0.25, 0.3) is 0 Å². The molecule has 0 bridgehead atoms. The Morgan fingerprint density at radius 1 is 0.532 bits per heavy atom. The molecule has 0 rings (SSSR count). The van der Waals surface area contributed by atoms with Gasteiger partial charge in [-0.1, -0.05) is 127 Å². The molecule has 0 N–H and O–H groups in total. The maximum Gasteiger partial charge on any atom is 0.306 e. The maximum absolute atomic E-state index is 12.9. The highest BCUT2D eigenvalue weighted by Gasteiger charge is 2.14. The van der Waals surface area contributed by atoms with Crippen molar-refractivity contribution in [3.8, 4) is 0 Å². The van der Waals surface area contributed by atoms with E-state index in [-0.39, 0.29) is 17.2 Å². The standard InChI is InChI=1S/C39H72N2O5S/c1-5-7-9-11-13-21-27-34-45-37(42)29-23-17-15-19-25-31-41(39(44)47-36-33-40(3)4)32-26-20-16-18-24-30-38(43)46-35-28-22-14-12-10-8-6-2/h21-22,27-28H,5-20,23-26,29-36H2,1-4H3/b27-21+,28-22+. The van der Waals surface area contributed by atoms with E-state index in [2.05, 4.69) is 30.9 Å². The molecule has 8 heteroatoms. The van der Waals surface area contributed by atoms with Gasteiger partial charge in [0.15, 0.2) is 0 Å². The predicted molar refractivity (Wildman–Crippen MR) is 201 cm³/mol. The smallest absolute Gasteiger partial charge is 0.306 e. The number of thioether (sulfide) groups is 1. The topological polar surface area (TPSA) is 76.1 Å². The van der Waals surface area contributed by atoms with Crippen LogP contribution < -0.4 is 0 Å². The molecule has 1 amide bonds. The van der Waals surface area contributed by atoms with Crippen LogP contribution in [0.15, 0.2) is 24.3 Å². The van der Waals surface area contributed by atoms with Crippen LogP contribution in [0.2, 0.25) is 0 Å². The number of esters is 2. The minimum absolute atomic E-state index is 0.108. The molecule has 0 aliphatic rings. The van der Waals surface area contributed by atoms with Crippen molar-refractivity contribution >= 4 is 28.9 Å². The van der Waals surface area contributed by atoms with E-state index in [9.17, 15) is 14.4 Å². The average Bonchev–Trinajstić information content (AvgIpc) is 3.05. The zero-order valence-electron chi connectivity index (χ0n) is 31.0.